The van der Waals surface area contributed by atoms with Crippen LogP contribution in [0, 0.1) is 5.92 Å². The van der Waals surface area contributed by atoms with E-state index in [1.165, 1.54) is 32.4 Å². The molecule has 8 nitrogen and oxygen atoms in total. The molecule has 2 atom stereocenters. The van der Waals surface area contributed by atoms with Crippen LogP contribution in [0.1, 0.15) is 29.6 Å². The summed E-state index contributed by atoms with van der Waals surface area (Å²) in [5, 5.41) is 11.8. The van der Waals surface area contributed by atoms with Crippen molar-refractivity contribution in [3.63, 3.8) is 0 Å². The Bertz CT molecular complexity index is 746. The number of rotatable bonds is 6. The van der Waals surface area contributed by atoms with Gasteiger partial charge in [0.15, 0.2) is 0 Å². The predicted molar refractivity (Wildman–Crippen MR) is 85.5 cm³/mol. The van der Waals surface area contributed by atoms with Gasteiger partial charge in [-0.3, -0.25) is 9.59 Å². The smallest absolute Gasteiger partial charge is 0.308 e. The van der Waals surface area contributed by atoms with E-state index in [-0.39, 0.29) is 16.2 Å². The number of methoxy groups -OCH3 is 1. The molecule has 0 saturated heterocycles. The number of aliphatic carboxylic acids is 1. The van der Waals surface area contributed by atoms with Crippen LogP contribution < -0.4 is 14.8 Å². The van der Waals surface area contributed by atoms with Gasteiger partial charge in [0.25, 0.3) is 5.91 Å². The number of carboxylic acids is 1. The Kier molecular flexibility index (Phi) is 5.45. The van der Waals surface area contributed by atoms with Gasteiger partial charge in [0, 0.05) is 11.6 Å². The molecule has 1 fully saturated rings. The summed E-state index contributed by atoms with van der Waals surface area (Å²) < 4.78 is 31.3. The van der Waals surface area contributed by atoms with E-state index in [9.17, 15) is 18.0 Å². The summed E-state index contributed by atoms with van der Waals surface area (Å²) in [5.41, 5.74) is 0.126. The van der Waals surface area contributed by atoms with E-state index in [0.717, 1.165) is 6.42 Å². The van der Waals surface area contributed by atoms with Crippen molar-refractivity contribution >= 4 is 21.9 Å². The van der Waals surface area contributed by atoms with Crippen molar-refractivity contribution in [1.82, 2.24) is 10.0 Å². The van der Waals surface area contributed by atoms with Crippen molar-refractivity contribution in [2.24, 2.45) is 5.92 Å². The molecule has 24 heavy (non-hydrogen) atoms. The Morgan fingerprint density at radius 1 is 1.29 bits per heavy atom. The molecule has 1 amide bonds. The van der Waals surface area contributed by atoms with Gasteiger partial charge in [-0.25, -0.2) is 13.1 Å². The molecular formula is C15H20N2O6S. The summed E-state index contributed by atoms with van der Waals surface area (Å²) in [6.07, 6.45) is 1.83. The molecule has 3 N–H and O–H groups in total. The lowest BCUT2D eigenvalue weighted by Crippen LogP contribution is -2.40. The maximum atomic E-state index is 12.4. The van der Waals surface area contributed by atoms with Gasteiger partial charge >= 0.3 is 5.97 Å². The summed E-state index contributed by atoms with van der Waals surface area (Å²) in [4.78, 5) is 23.4. The second-order valence-corrected chi connectivity index (χ2v) is 7.38. The summed E-state index contributed by atoms with van der Waals surface area (Å²) in [7, 11) is -1.20. The molecule has 1 aromatic carbocycles. The number of ether oxygens (including phenoxy) is 1. The zero-order valence-electron chi connectivity index (χ0n) is 13.4. The van der Waals surface area contributed by atoms with Crippen molar-refractivity contribution in [3.8, 4) is 5.75 Å². The van der Waals surface area contributed by atoms with Crippen LogP contribution in [-0.2, 0) is 14.8 Å². The van der Waals surface area contributed by atoms with Crippen molar-refractivity contribution in [1.29, 1.82) is 0 Å². The van der Waals surface area contributed by atoms with Crippen LogP contribution in [0.2, 0.25) is 0 Å². The van der Waals surface area contributed by atoms with Crippen molar-refractivity contribution in [2.45, 2.75) is 30.2 Å². The predicted octanol–water partition coefficient (Wildman–Crippen LogP) is 0.586. The Morgan fingerprint density at radius 2 is 2.00 bits per heavy atom. The third kappa shape index (κ3) is 3.68. The molecule has 2 rings (SSSR count). The standard InChI is InChI=1S/C15H20N2O6S/c1-16-24(21,22)13-8-9(6-7-12(13)23-2)14(18)17-11-5-3-4-10(11)15(19)20/h6-8,10-11,16H,3-5H2,1-2H3,(H,17,18)(H,19,20)/t10-,11+/m0/s1. The number of benzene rings is 1. The molecule has 0 radical (unpaired) electrons. The molecule has 0 spiro atoms. The van der Waals surface area contributed by atoms with Gasteiger partial charge in [-0.15, -0.1) is 0 Å². The first kappa shape index (κ1) is 18.2. The third-order valence-electron chi connectivity index (χ3n) is 4.13. The number of hydrogen-bond acceptors (Lipinski definition) is 5. The molecule has 1 aliphatic rings. The highest BCUT2D eigenvalue weighted by Gasteiger charge is 2.34. The van der Waals surface area contributed by atoms with Crippen LogP contribution >= 0.6 is 0 Å². The lowest BCUT2D eigenvalue weighted by molar-refractivity contribution is -0.142. The Labute approximate surface area is 140 Å². The molecule has 132 valence electrons. The molecule has 1 saturated carbocycles. The molecule has 0 aliphatic heterocycles. The van der Waals surface area contributed by atoms with Crippen LogP contribution in [0.4, 0.5) is 0 Å². The fourth-order valence-corrected chi connectivity index (χ4v) is 3.74. The van der Waals surface area contributed by atoms with Crippen molar-refractivity contribution in [3.05, 3.63) is 23.8 Å². The van der Waals surface area contributed by atoms with E-state index in [4.69, 9.17) is 9.84 Å². The van der Waals surface area contributed by atoms with Crippen molar-refractivity contribution in [2.75, 3.05) is 14.2 Å². The maximum Gasteiger partial charge on any atom is 0.308 e. The SMILES string of the molecule is CNS(=O)(=O)c1cc(C(=O)N[C@@H]2CCC[C@@H]2C(=O)O)ccc1OC. The third-order valence-corrected chi connectivity index (χ3v) is 5.57. The zero-order valence-corrected chi connectivity index (χ0v) is 14.2. The number of carboxylic acid groups (broad SMARTS) is 1. The van der Waals surface area contributed by atoms with E-state index < -0.39 is 33.9 Å². The zero-order chi connectivity index (χ0) is 17.9. The monoisotopic (exact) mass is 356 g/mol. The van der Waals surface area contributed by atoms with Crippen LogP contribution in [0.3, 0.4) is 0 Å². The summed E-state index contributed by atoms with van der Waals surface area (Å²) in [6, 6.07) is 3.59. The van der Waals surface area contributed by atoms with Gasteiger partial charge in [-0.2, -0.15) is 0 Å². The molecule has 0 bridgehead atoms. The Hall–Kier alpha value is -2.13. The molecule has 0 heterocycles. The number of amides is 1. The van der Waals surface area contributed by atoms with Crippen LogP contribution in [0.5, 0.6) is 5.75 Å². The molecule has 0 aromatic heterocycles. The van der Waals surface area contributed by atoms with Gasteiger partial charge in [0.05, 0.1) is 13.0 Å². The van der Waals surface area contributed by atoms with Gasteiger partial charge in [-0.1, -0.05) is 6.42 Å². The lowest BCUT2D eigenvalue weighted by Gasteiger charge is -2.18. The van der Waals surface area contributed by atoms with Crippen LogP contribution in [0.25, 0.3) is 0 Å². The Morgan fingerprint density at radius 3 is 2.58 bits per heavy atom. The highest BCUT2D eigenvalue weighted by atomic mass is 32.2. The molecule has 1 aromatic rings. The number of carbonyl (C=O) groups is 2. The quantitative estimate of drug-likeness (QED) is 0.686. The normalized spacial score (nSPS) is 20.6. The maximum absolute atomic E-state index is 12.4. The minimum atomic E-state index is -3.80. The van der Waals surface area contributed by atoms with Crippen LogP contribution in [-0.4, -0.2) is 45.6 Å². The summed E-state index contributed by atoms with van der Waals surface area (Å²) in [6.45, 7) is 0. The first-order valence-electron chi connectivity index (χ1n) is 7.45. The Balaban J connectivity index is 2.27. The van der Waals surface area contributed by atoms with Gasteiger partial charge in [0.1, 0.15) is 10.6 Å². The van der Waals surface area contributed by atoms with E-state index in [2.05, 4.69) is 10.0 Å². The average molecular weight is 356 g/mol. The van der Waals surface area contributed by atoms with E-state index in [0.29, 0.717) is 12.8 Å². The number of nitrogens with one attached hydrogen (secondary N) is 2. The first-order valence-corrected chi connectivity index (χ1v) is 8.93. The minimum absolute atomic E-state index is 0.116. The van der Waals surface area contributed by atoms with Crippen molar-refractivity contribution < 1.29 is 27.9 Å². The van der Waals surface area contributed by atoms with Gasteiger partial charge in [0.2, 0.25) is 10.0 Å². The van der Waals surface area contributed by atoms with Gasteiger partial charge < -0.3 is 15.2 Å². The van der Waals surface area contributed by atoms with E-state index in [1.807, 2.05) is 0 Å². The number of carbonyl (C=O) groups excluding carboxylic acids is 1. The molecule has 1 aliphatic carbocycles. The lowest BCUT2D eigenvalue weighted by atomic mass is 10.0. The fourth-order valence-electron chi connectivity index (χ4n) is 2.82. The van der Waals surface area contributed by atoms with E-state index in [1.54, 1.807) is 0 Å². The van der Waals surface area contributed by atoms with E-state index >= 15 is 0 Å². The molecular weight excluding hydrogens is 336 g/mol. The van der Waals surface area contributed by atoms with Crippen LogP contribution in [0.15, 0.2) is 23.1 Å². The second kappa shape index (κ2) is 7.18. The topological polar surface area (TPSA) is 122 Å². The number of sulfonamides is 1. The summed E-state index contributed by atoms with van der Waals surface area (Å²) >= 11 is 0. The molecule has 0 unspecified atom stereocenters. The van der Waals surface area contributed by atoms with Gasteiger partial charge in [-0.05, 0) is 38.1 Å². The fraction of sp³-hybridized carbons (Fsp3) is 0.467. The largest absolute Gasteiger partial charge is 0.495 e. The minimum Gasteiger partial charge on any atom is -0.495 e. The second-order valence-electron chi connectivity index (χ2n) is 5.53. The highest BCUT2D eigenvalue weighted by molar-refractivity contribution is 7.89. The summed E-state index contributed by atoms with van der Waals surface area (Å²) in [5.74, 6) is -1.95. The number of hydrogen-bond donors (Lipinski definition) is 3. The molecule has 9 heteroatoms. The first-order chi connectivity index (χ1) is 11.3. The highest BCUT2D eigenvalue weighted by Crippen LogP contribution is 2.27. The average Bonchev–Trinajstić information content (AvgIpc) is 3.02.